The Labute approximate surface area is 368 Å². The molecule has 3 unspecified atom stereocenters. The molecule has 3 amide bonds. The number of amides is 3. The summed E-state index contributed by atoms with van der Waals surface area (Å²) in [5.74, 6) is 0.576. The second kappa shape index (κ2) is 16.6. The van der Waals surface area contributed by atoms with Crippen molar-refractivity contribution in [2.24, 2.45) is 23.2 Å². The van der Waals surface area contributed by atoms with Crippen molar-refractivity contribution in [2.45, 2.75) is 76.3 Å². The molecule has 0 radical (unpaired) electrons. The molecule has 1 aromatic heterocycles. The van der Waals surface area contributed by atoms with Crippen molar-refractivity contribution < 1.29 is 23.5 Å². The maximum Gasteiger partial charge on any atom is 0.259 e. The highest BCUT2D eigenvalue weighted by Crippen LogP contribution is 2.61. The lowest BCUT2D eigenvalue weighted by molar-refractivity contribution is -0.133. The van der Waals surface area contributed by atoms with Crippen LogP contribution in [0.3, 0.4) is 0 Å². The summed E-state index contributed by atoms with van der Waals surface area (Å²) in [5, 5.41) is 26.5. The standard InChI is InChI=1S/C50H55ClN6O5/c1-32(58)56-20-16-33(17-21-56)30-57-46(60)48(2,55-47(57)53)39-10-4-9-36(26-39)43-28-49(37-14-15-37,40-11-3-7-34(25-40)35-8-5-12-41(51)27-35)31-50(44(43)52,38-18-23-61-24-19-38)45(59)54-29-42-13-6-22-62-42/h3-13,22,25-28,33,37-38,52H,14-21,23-24,29-31H2,1-2H3,(H2,53,55)(H,54,59). The summed E-state index contributed by atoms with van der Waals surface area (Å²) in [7, 11) is 0. The van der Waals surface area contributed by atoms with Gasteiger partial charge in [-0.3, -0.25) is 24.7 Å². The lowest BCUT2D eigenvalue weighted by Crippen LogP contribution is -2.58. The molecule has 4 heterocycles. The van der Waals surface area contributed by atoms with Crippen molar-refractivity contribution in [1.82, 2.24) is 20.4 Å². The van der Waals surface area contributed by atoms with Gasteiger partial charge in [-0.1, -0.05) is 72.3 Å². The molecule has 11 nitrogen and oxygen atoms in total. The monoisotopic (exact) mass is 854 g/mol. The maximum atomic E-state index is 15.4. The Hall–Kier alpha value is -5.52. The van der Waals surface area contributed by atoms with Gasteiger partial charge < -0.3 is 30.1 Å². The van der Waals surface area contributed by atoms with Gasteiger partial charge in [-0.25, -0.2) is 0 Å². The fourth-order valence-electron chi connectivity index (χ4n) is 10.8. The summed E-state index contributed by atoms with van der Waals surface area (Å²) in [6.45, 7) is 6.31. The number of nitrogens with zero attached hydrogens (tertiary/aromatic N) is 2. The SMILES string of the molecule is CC(=O)N1CCC(CN2C(=N)NC(C)(c3cccc(C4=CC(c5cccc(-c6cccc(Cl)c6)c5)(C5CC5)CC(C(=O)NCc5ccco5)(C5CCOCC5)C4=N)c3)C2=O)CC1. The van der Waals surface area contributed by atoms with Gasteiger partial charge in [0.25, 0.3) is 5.91 Å². The lowest BCUT2D eigenvalue weighted by atomic mass is 9.52. The second-order valence-electron chi connectivity index (χ2n) is 18.2. The van der Waals surface area contributed by atoms with E-state index in [1.54, 1.807) is 24.2 Å². The number of benzene rings is 3. The van der Waals surface area contributed by atoms with Crippen LogP contribution >= 0.6 is 11.6 Å². The van der Waals surface area contributed by atoms with Gasteiger partial charge in [-0.05, 0) is 128 Å². The molecule has 62 heavy (non-hydrogen) atoms. The minimum Gasteiger partial charge on any atom is -0.467 e. The Morgan fingerprint density at radius 2 is 1.53 bits per heavy atom. The molecule has 1 saturated carbocycles. The Kier molecular flexibility index (Phi) is 11.2. The zero-order chi connectivity index (χ0) is 43.2. The first-order valence-electron chi connectivity index (χ1n) is 22.0. The number of rotatable bonds is 11. The molecule has 9 rings (SSSR count). The molecule has 5 aliphatic rings. The van der Waals surface area contributed by atoms with Crippen LogP contribution < -0.4 is 10.6 Å². The molecule has 3 atom stereocenters. The van der Waals surface area contributed by atoms with Gasteiger partial charge in [-0.2, -0.15) is 0 Å². The zero-order valence-corrected chi connectivity index (χ0v) is 36.2. The molecule has 4 N–H and O–H groups in total. The van der Waals surface area contributed by atoms with Crippen LogP contribution in [0.25, 0.3) is 16.7 Å². The number of nitrogens with one attached hydrogen (secondary N) is 4. The van der Waals surface area contributed by atoms with E-state index in [-0.39, 0.29) is 53.7 Å². The molecule has 3 saturated heterocycles. The van der Waals surface area contributed by atoms with E-state index in [2.05, 4.69) is 47.0 Å². The van der Waals surface area contributed by atoms with Crippen LogP contribution in [0.5, 0.6) is 0 Å². The van der Waals surface area contributed by atoms with Crippen LogP contribution in [0.4, 0.5) is 0 Å². The van der Waals surface area contributed by atoms with Gasteiger partial charge in [0.2, 0.25) is 11.8 Å². The zero-order valence-electron chi connectivity index (χ0n) is 35.5. The van der Waals surface area contributed by atoms with E-state index < -0.39 is 16.4 Å². The number of ether oxygens (including phenoxy) is 1. The van der Waals surface area contributed by atoms with Gasteiger partial charge in [0.05, 0.1) is 23.9 Å². The normalized spacial score (nSPS) is 26.0. The Balaban J connectivity index is 1.14. The Morgan fingerprint density at radius 3 is 2.21 bits per heavy atom. The minimum atomic E-state index is -1.23. The van der Waals surface area contributed by atoms with Gasteiger partial charge in [0.15, 0.2) is 5.96 Å². The number of likely N-dealkylation sites (tertiary alicyclic amines) is 1. The quantitative estimate of drug-likeness (QED) is 0.119. The predicted octanol–water partition coefficient (Wildman–Crippen LogP) is 8.32. The topological polar surface area (TPSA) is 152 Å². The fourth-order valence-corrected chi connectivity index (χ4v) is 11.0. The molecule has 3 aliphatic heterocycles. The minimum absolute atomic E-state index is 0.0561. The third-order valence-corrected chi connectivity index (χ3v) is 14.7. The molecule has 0 spiro atoms. The number of hydrogen-bond acceptors (Lipinski definition) is 7. The molecule has 2 aliphatic carbocycles. The summed E-state index contributed by atoms with van der Waals surface area (Å²) in [4.78, 5) is 45.2. The second-order valence-corrected chi connectivity index (χ2v) is 18.6. The van der Waals surface area contributed by atoms with E-state index in [1.165, 1.54) is 0 Å². The summed E-state index contributed by atoms with van der Waals surface area (Å²) < 4.78 is 11.6. The van der Waals surface area contributed by atoms with Crippen LogP contribution in [0.15, 0.2) is 102 Å². The van der Waals surface area contributed by atoms with Gasteiger partial charge in [-0.15, -0.1) is 0 Å². The highest BCUT2D eigenvalue weighted by atomic mass is 35.5. The van der Waals surface area contributed by atoms with E-state index in [0.717, 1.165) is 47.9 Å². The number of guanidine groups is 1. The number of hydrogen-bond donors (Lipinski definition) is 4. The van der Waals surface area contributed by atoms with Crippen molar-refractivity contribution in [3.8, 4) is 11.1 Å². The van der Waals surface area contributed by atoms with E-state index >= 15 is 4.79 Å². The third kappa shape index (κ3) is 7.57. The van der Waals surface area contributed by atoms with Crippen LogP contribution in [0.2, 0.25) is 5.02 Å². The molecular formula is C50H55ClN6O5. The molecule has 322 valence electrons. The van der Waals surface area contributed by atoms with Crippen molar-refractivity contribution in [2.75, 3.05) is 32.8 Å². The molecule has 0 bridgehead atoms. The first kappa shape index (κ1) is 41.8. The van der Waals surface area contributed by atoms with Crippen LogP contribution in [-0.2, 0) is 36.6 Å². The van der Waals surface area contributed by atoms with Crippen molar-refractivity contribution in [3.63, 3.8) is 0 Å². The van der Waals surface area contributed by atoms with Crippen molar-refractivity contribution in [3.05, 3.63) is 125 Å². The number of furan rings is 1. The number of carbonyl (C=O) groups is 3. The predicted molar refractivity (Wildman–Crippen MR) is 239 cm³/mol. The average molecular weight is 855 g/mol. The summed E-state index contributed by atoms with van der Waals surface area (Å²) in [6.07, 6.45) is 9.08. The molecule has 3 aromatic carbocycles. The number of carbonyl (C=O) groups excluding carboxylic acids is 3. The van der Waals surface area contributed by atoms with Gasteiger partial charge >= 0.3 is 0 Å². The van der Waals surface area contributed by atoms with Gasteiger partial charge in [0, 0.05) is 55.8 Å². The Bertz CT molecular complexity index is 2430. The smallest absolute Gasteiger partial charge is 0.259 e. The Morgan fingerprint density at radius 1 is 0.855 bits per heavy atom. The largest absolute Gasteiger partial charge is 0.467 e. The van der Waals surface area contributed by atoms with Crippen molar-refractivity contribution >= 4 is 46.6 Å². The number of halogens is 1. The first-order chi connectivity index (χ1) is 29.9. The highest BCUT2D eigenvalue weighted by molar-refractivity contribution is 6.32. The summed E-state index contributed by atoms with van der Waals surface area (Å²) in [5.41, 5.74) is 2.40. The summed E-state index contributed by atoms with van der Waals surface area (Å²) in [6, 6.07) is 27.9. The molecule has 4 aromatic rings. The van der Waals surface area contributed by atoms with E-state index in [1.807, 2.05) is 60.4 Å². The third-order valence-electron chi connectivity index (χ3n) is 14.4. The fraction of sp³-hybridized carbons (Fsp3) is 0.420. The molecular weight excluding hydrogens is 800 g/mol. The van der Waals surface area contributed by atoms with Crippen LogP contribution in [-0.4, -0.2) is 72.0 Å². The average Bonchev–Trinajstić information content (AvgIpc) is 3.97. The highest BCUT2D eigenvalue weighted by Gasteiger charge is 2.61. The number of allylic oxidation sites excluding steroid dienone is 2. The molecule has 12 heteroatoms. The van der Waals surface area contributed by atoms with E-state index in [9.17, 15) is 15.0 Å². The number of piperidine rings is 1. The van der Waals surface area contributed by atoms with E-state index in [0.29, 0.717) is 74.0 Å². The summed E-state index contributed by atoms with van der Waals surface area (Å²) >= 11 is 6.51. The molecule has 4 fully saturated rings. The van der Waals surface area contributed by atoms with Crippen molar-refractivity contribution in [1.29, 1.82) is 10.8 Å². The van der Waals surface area contributed by atoms with Crippen LogP contribution in [0.1, 0.15) is 81.2 Å². The maximum absolute atomic E-state index is 15.4. The first-order valence-corrected chi connectivity index (χ1v) is 22.4. The van der Waals surface area contributed by atoms with Gasteiger partial charge in [0.1, 0.15) is 11.3 Å². The lowest BCUT2D eigenvalue weighted by Gasteiger charge is -2.51. The van der Waals surface area contributed by atoms with Crippen LogP contribution in [0, 0.1) is 34.0 Å². The van der Waals surface area contributed by atoms with E-state index in [4.69, 9.17) is 26.2 Å².